The number of hydrogen-bond acceptors (Lipinski definition) is 4. The van der Waals surface area contributed by atoms with Crippen molar-refractivity contribution in [2.45, 2.75) is 19.4 Å². The van der Waals surface area contributed by atoms with Gasteiger partial charge in [-0.05, 0) is 24.5 Å². The van der Waals surface area contributed by atoms with E-state index in [0.29, 0.717) is 6.42 Å². The molecule has 2 rings (SSSR count). The number of likely N-dealkylation sites (tertiary alicyclic amines) is 1. The van der Waals surface area contributed by atoms with Gasteiger partial charge in [0.2, 0.25) is 5.82 Å². The Labute approximate surface area is 119 Å². The number of carboxylic acids is 1. The highest BCUT2D eigenvalue weighted by Gasteiger charge is 2.40. The van der Waals surface area contributed by atoms with Gasteiger partial charge < -0.3 is 10.0 Å². The summed E-state index contributed by atoms with van der Waals surface area (Å²) < 4.78 is 13.6. The van der Waals surface area contributed by atoms with E-state index in [-0.39, 0.29) is 18.0 Å². The van der Waals surface area contributed by atoms with Crippen LogP contribution in [0.15, 0.2) is 18.2 Å². The zero-order chi connectivity index (χ0) is 15.7. The molecule has 0 bridgehead atoms. The van der Waals surface area contributed by atoms with Crippen molar-refractivity contribution in [3.05, 3.63) is 39.7 Å². The first-order valence-electron chi connectivity index (χ1n) is 6.30. The summed E-state index contributed by atoms with van der Waals surface area (Å²) in [5.41, 5.74) is -0.824. The van der Waals surface area contributed by atoms with Gasteiger partial charge in [0.25, 0.3) is 5.91 Å². The minimum atomic E-state index is -1.12. The number of hydrogen-bond donors (Lipinski definition) is 1. The average Bonchev–Trinajstić information content (AvgIpc) is 2.79. The number of nitrogens with zero attached hydrogens (tertiary/aromatic N) is 2. The van der Waals surface area contributed by atoms with Crippen molar-refractivity contribution in [3.63, 3.8) is 0 Å². The SMILES string of the molecule is CC1CCN(C(=O)c2ccc([N+](=O)[O-])c(F)c2)C1C(=O)O. The smallest absolute Gasteiger partial charge is 0.326 e. The number of carbonyl (C=O) groups excluding carboxylic acids is 1. The molecular weight excluding hydrogens is 283 g/mol. The summed E-state index contributed by atoms with van der Waals surface area (Å²) in [7, 11) is 0. The number of carboxylic acid groups (broad SMARTS) is 1. The lowest BCUT2D eigenvalue weighted by Crippen LogP contribution is -2.42. The van der Waals surface area contributed by atoms with Gasteiger partial charge in [-0.2, -0.15) is 4.39 Å². The molecule has 0 radical (unpaired) electrons. The topological polar surface area (TPSA) is 101 Å². The standard InChI is InChI=1S/C13H13FN2O5/c1-7-4-5-15(11(7)13(18)19)12(17)8-2-3-10(16(20)21)9(14)6-8/h2-3,6-7,11H,4-5H2,1H3,(H,18,19). The first kappa shape index (κ1) is 14.9. The van der Waals surface area contributed by atoms with Gasteiger partial charge in [-0.1, -0.05) is 6.92 Å². The van der Waals surface area contributed by atoms with Gasteiger partial charge in [-0.25, -0.2) is 4.79 Å². The molecule has 1 aliphatic heterocycles. The Bertz CT molecular complexity index is 619. The molecule has 1 aromatic rings. The number of aliphatic carboxylic acids is 1. The fraction of sp³-hybridized carbons (Fsp3) is 0.385. The van der Waals surface area contributed by atoms with Gasteiger partial charge in [0.1, 0.15) is 6.04 Å². The Morgan fingerprint density at radius 2 is 2.14 bits per heavy atom. The molecule has 112 valence electrons. The largest absolute Gasteiger partial charge is 0.480 e. The summed E-state index contributed by atoms with van der Waals surface area (Å²) in [6.07, 6.45) is 0.540. The fourth-order valence-electron chi connectivity index (χ4n) is 2.51. The highest BCUT2D eigenvalue weighted by molar-refractivity contribution is 5.97. The molecule has 1 fully saturated rings. The third-order valence-electron chi connectivity index (χ3n) is 3.61. The zero-order valence-corrected chi connectivity index (χ0v) is 11.2. The fourth-order valence-corrected chi connectivity index (χ4v) is 2.51. The lowest BCUT2D eigenvalue weighted by molar-refractivity contribution is -0.387. The Morgan fingerprint density at radius 3 is 2.67 bits per heavy atom. The molecule has 0 aromatic heterocycles. The molecule has 2 unspecified atom stereocenters. The highest BCUT2D eigenvalue weighted by atomic mass is 19.1. The molecule has 21 heavy (non-hydrogen) atoms. The highest BCUT2D eigenvalue weighted by Crippen LogP contribution is 2.27. The van der Waals surface area contributed by atoms with Crippen LogP contribution in [0, 0.1) is 21.8 Å². The molecule has 1 heterocycles. The maximum absolute atomic E-state index is 13.6. The van der Waals surface area contributed by atoms with Gasteiger partial charge in [0.15, 0.2) is 0 Å². The third-order valence-corrected chi connectivity index (χ3v) is 3.61. The summed E-state index contributed by atoms with van der Waals surface area (Å²) in [5, 5.41) is 19.7. The lowest BCUT2D eigenvalue weighted by atomic mass is 10.0. The van der Waals surface area contributed by atoms with Crippen LogP contribution in [0.4, 0.5) is 10.1 Å². The van der Waals surface area contributed by atoms with Crippen molar-refractivity contribution in [2.75, 3.05) is 6.54 Å². The van der Waals surface area contributed by atoms with Gasteiger partial charge in [-0.3, -0.25) is 14.9 Å². The normalized spacial score (nSPS) is 21.3. The minimum Gasteiger partial charge on any atom is -0.480 e. The molecule has 1 aliphatic rings. The Morgan fingerprint density at radius 1 is 1.48 bits per heavy atom. The zero-order valence-electron chi connectivity index (χ0n) is 11.2. The molecule has 1 saturated heterocycles. The number of benzene rings is 1. The van der Waals surface area contributed by atoms with Gasteiger partial charge in [-0.15, -0.1) is 0 Å². The molecule has 7 nitrogen and oxygen atoms in total. The van der Waals surface area contributed by atoms with E-state index < -0.39 is 34.3 Å². The molecule has 1 aromatic carbocycles. The van der Waals surface area contributed by atoms with Crippen molar-refractivity contribution in [1.29, 1.82) is 0 Å². The third kappa shape index (κ3) is 2.69. The summed E-state index contributed by atoms with van der Waals surface area (Å²) in [5.74, 6) is -3.07. The van der Waals surface area contributed by atoms with E-state index in [2.05, 4.69) is 0 Å². The molecule has 2 atom stereocenters. The maximum atomic E-state index is 13.6. The van der Waals surface area contributed by atoms with Crippen molar-refractivity contribution in [3.8, 4) is 0 Å². The van der Waals surface area contributed by atoms with Gasteiger partial charge in [0, 0.05) is 18.2 Å². The van der Waals surface area contributed by atoms with Gasteiger partial charge in [0.05, 0.1) is 4.92 Å². The quantitative estimate of drug-likeness (QED) is 0.675. The van der Waals surface area contributed by atoms with E-state index in [0.717, 1.165) is 23.1 Å². The molecule has 0 aliphatic carbocycles. The van der Waals surface area contributed by atoms with Crippen LogP contribution >= 0.6 is 0 Å². The van der Waals surface area contributed by atoms with Gasteiger partial charge >= 0.3 is 11.7 Å². The minimum absolute atomic E-state index is 0.0987. The van der Waals surface area contributed by atoms with E-state index >= 15 is 0 Å². The molecule has 1 amide bonds. The molecule has 0 spiro atoms. The second-order valence-corrected chi connectivity index (χ2v) is 4.97. The lowest BCUT2D eigenvalue weighted by Gasteiger charge is -2.23. The number of nitro groups is 1. The summed E-state index contributed by atoms with van der Waals surface area (Å²) in [6.45, 7) is 1.98. The first-order valence-corrected chi connectivity index (χ1v) is 6.30. The van der Waals surface area contributed by atoms with E-state index in [9.17, 15) is 24.1 Å². The monoisotopic (exact) mass is 296 g/mol. The summed E-state index contributed by atoms with van der Waals surface area (Å²) >= 11 is 0. The number of nitro benzene ring substituents is 1. The van der Waals surface area contributed by atoms with Crippen LogP contribution in [0.5, 0.6) is 0 Å². The first-order chi connectivity index (χ1) is 9.82. The average molecular weight is 296 g/mol. The van der Waals surface area contributed by atoms with Crippen LogP contribution in [0.3, 0.4) is 0 Å². The molecule has 1 N–H and O–H groups in total. The summed E-state index contributed by atoms with van der Waals surface area (Å²) in [4.78, 5) is 34.3. The second kappa shape index (κ2) is 5.47. The van der Waals surface area contributed by atoms with Crippen molar-refractivity contribution in [1.82, 2.24) is 4.90 Å². The van der Waals surface area contributed by atoms with Crippen LogP contribution < -0.4 is 0 Å². The van der Waals surface area contributed by atoms with Crippen LogP contribution in [0.2, 0.25) is 0 Å². The van der Waals surface area contributed by atoms with E-state index in [1.165, 1.54) is 0 Å². The van der Waals surface area contributed by atoms with E-state index in [4.69, 9.17) is 5.11 Å². The van der Waals surface area contributed by atoms with Crippen LogP contribution in [-0.2, 0) is 4.79 Å². The number of amides is 1. The van der Waals surface area contributed by atoms with Crippen molar-refractivity contribution < 1.29 is 24.0 Å². The number of rotatable bonds is 3. The van der Waals surface area contributed by atoms with E-state index in [1.54, 1.807) is 6.92 Å². The Kier molecular flexibility index (Phi) is 3.88. The molecular formula is C13H13FN2O5. The van der Waals surface area contributed by atoms with Crippen molar-refractivity contribution in [2.24, 2.45) is 5.92 Å². The Hall–Kier alpha value is -2.51. The van der Waals surface area contributed by atoms with Crippen LogP contribution in [0.1, 0.15) is 23.7 Å². The van der Waals surface area contributed by atoms with Crippen molar-refractivity contribution >= 4 is 17.6 Å². The second-order valence-electron chi connectivity index (χ2n) is 4.97. The maximum Gasteiger partial charge on any atom is 0.326 e. The Balaban J connectivity index is 2.30. The van der Waals surface area contributed by atoms with Crippen LogP contribution in [-0.4, -0.2) is 39.4 Å². The predicted octanol–water partition coefficient (Wildman–Crippen LogP) is 1.67. The summed E-state index contributed by atoms with van der Waals surface area (Å²) in [6, 6.07) is 1.84. The number of halogens is 1. The predicted molar refractivity (Wildman–Crippen MR) is 69.3 cm³/mol. The number of carbonyl (C=O) groups is 2. The van der Waals surface area contributed by atoms with Crippen LogP contribution in [0.25, 0.3) is 0 Å². The molecule has 0 saturated carbocycles. The molecule has 8 heteroatoms. The van der Waals surface area contributed by atoms with E-state index in [1.807, 2.05) is 0 Å².